The maximum Gasteiger partial charge on any atom is 0.244 e. The van der Waals surface area contributed by atoms with Crippen LogP contribution in [0, 0.1) is 17.8 Å². The largest absolute Gasteiger partial charge is 0.394 e. The van der Waals surface area contributed by atoms with E-state index in [1.165, 1.54) is 0 Å². The van der Waals surface area contributed by atoms with Gasteiger partial charge in [0.1, 0.15) is 6.04 Å². The Labute approximate surface area is 219 Å². The number of hydrogen-bond acceptors (Lipinski definition) is 5. The van der Waals surface area contributed by atoms with E-state index < -0.39 is 33.4 Å². The third-order valence-corrected chi connectivity index (χ3v) is 10.4. The maximum absolute atomic E-state index is 14.1. The van der Waals surface area contributed by atoms with Gasteiger partial charge in [-0.1, -0.05) is 63.9 Å². The highest BCUT2D eigenvalue weighted by Crippen LogP contribution is 2.71. The lowest BCUT2D eigenvalue weighted by atomic mass is 9.66. The number of aliphatic hydroxyl groups is 1. The molecule has 2 bridgehead atoms. The van der Waals surface area contributed by atoms with E-state index in [2.05, 4.69) is 24.5 Å². The number of carbonyl (C=O) groups is 3. The first-order valence-corrected chi connectivity index (χ1v) is 14.2. The molecule has 8 heteroatoms. The minimum absolute atomic E-state index is 0.0206. The van der Waals surface area contributed by atoms with Crippen LogP contribution >= 0.6 is 11.8 Å². The number of carbonyl (C=O) groups excluding carboxylic acids is 3. The van der Waals surface area contributed by atoms with Crippen molar-refractivity contribution in [2.45, 2.75) is 87.9 Å². The Morgan fingerprint density at radius 2 is 1.86 bits per heavy atom. The summed E-state index contributed by atoms with van der Waals surface area (Å²) in [6.07, 6.45) is 4.48. The summed E-state index contributed by atoms with van der Waals surface area (Å²) < 4.78 is -1.06. The number of likely N-dealkylation sites (tertiary alicyclic amines) is 1. The predicted octanol–water partition coefficient (Wildman–Crippen LogP) is 3.11. The molecule has 7 nitrogen and oxygen atoms in total. The zero-order valence-corrected chi connectivity index (χ0v) is 22.8. The van der Waals surface area contributed by atoms with Crippen molar-refractivity contribution in [2.75, 3.05) is 13.2 Å². The minimum atomic E-state index is -0.685. The molecule has 1 aromatic rings. The zero-order chi connectivity index (χ0) is 26.1. The molecular weight excluding hydrogens is 474 g/mol. The van der Waals surface area contributed by atoms with E-state index in [-0.39, 0.29) is 30.2 Å². The first-order valence-electron chi connectivity index (χ1n) is 13.4. The lowest BCUT2D eigenvalue weighted by molar-refractivity contribution is -0.144. The fourth-order valence-electron chi connectivity index (χ4n) is 6.62. The smallest absolute Gasteiger partial charge is 0.244 e. The topological polar surface area (TPSA) is 98.7 Å². The Balaban J connectivity index is 1.65. The molecule has 198 valence electrons. The van der Waals surface area contributed by atoms with Crippen LogP contribution in [0.1, 0.15) is 65.4 Å². The number of nitrogens with one attached hydrogen (secondary N) is 2. The van der Waals surface area contributed by atoms with Crippen molar-refractivity contribution in [1.29, 1.82) is 0 Å². The van der Waals surface area contributed by atoms with E-state index in [0.717, 1.165) is 31.2 Å². The molecule has 1 aromatic carbocycles. The van der Waals surface area contributed by atoms with Crippen molar-refractivity contribution in [1.82, 2.24) is 15.5 Å². The first-order chi connectivity index (χ1) is 17.2. The number of amides is 3. The molecule has 3 N–H and O–H groups in total. The van der Waals surface area contributed by atoms with Crippen molar-refractivity contribution in [3.05, 3.63) is 35.9 Å². The highest BCUT2D eigenvalue weighted by atomic mass is 32.2. The van der Waals surface area contributed by atoms with Crippen molar-refractivity contribution < 1.29 is 19.5 Å². The average Bonchev–Trinajstić information content (AvgIpc) is 3.42. The predicted molar refractivity (Wildman–Crippen MR) is 142 cm³/mol. The van der Waals surface area contributed by atoms with Gasteiger partial charge in [0.2, 0.25) is 17.7 Å². The quantitative estimate of drug-likeness (QED) is 0.394. The lowest BCUT2D eigenvalue weighted by Gasteiger charge is -2.38. The summed E-state index contributed by atoms with van der Waals surface area (Å²) in [5, 5.41) is 16.4. The van der Waals surface area contributed by atoms with Crippen molar-refractivity contribution in [2.24, 2.45) is 17.8 Å². The van der Waals surface area contributed by atoms with Crippen LogP contribution < -0.4 is 10.6 Å². The van der Waals surface area contributed by atoms with Gasteiger partial charge < -0.3 is 20.6 Å². The van der Waals surface area contributed by atoms with E-state index in [0.29, 0.717) is 19.5 Å². The molecular formula is C28H41N3O4S. The Hall–Kier alpha value is -2.06. The monoisotopic (exact) mass is 515 g/mol. The van der Waals surface area contributed by atoms with Gasteiger partial charge in [-0.15, -0.1) is 11.8 Å². The molecule has 3 aliphatic rings. The molecule has 3 heterocycles. The normalized spacial score (nSPS) is 31.6. The molecule has 4 rings (SSSR count). The maximum atomic E-state index is 14.1. The summed E-state index contributed by atoms with van der Waals surface area (Å²) in [7, 11) is 0. The molecule has 0 radical (unpaired) electrons. The molecule has 0 saturated carbocycles. The minimum Gasteiger partial charge on any atom is -0.394 e. The molecule has 3 saturated heterocycles. The number of unbranched alkanes of at least 4 members (excludes halogenated alkanes) is 2. The second-order valence-electron chi connectivity index (χ2n) is 11.2. The van der Waals surface area contributed by atoms with E-state index in [1.54, 1.807) is 16.7 Å². The second-order valence-corrected chi connectivity index (χ2v) is 13.1. The van der Waals surface area contributed by atoms with E-state index >= 15 is 0 Å². The van der Waals surface area contributed by atoms with Crippen LogP contribution in [0.3, 0.4) is 0 Å². The Bertz CT molecular complexity index is 973. The van der Waals surface area contributed by atoms with Gasteiger partial charge >= 0.3 is 0 Å². The fourth-order valence-corrected chi connectivity index (χ4v) is 8.96. The van der Waals surface area contributed by atoms with Gasteiger partial charge in [-0.25, -0.2) is 0 Å². The zero-order valence-electron chi connectivity index (χ0n) is 22.0. The number of aliphatic hydroxyl groups excluding tert-OH is 1. The SMILES string of the molecule is CCCCCNC(=O)C1N([C@@H](CO)C(C)C)C(=O)[C@@H]2[C@@H](C(=O)NCc3ccccc3)[C@@]3(C)CCC12S3. The van der Waals surface area contributed by atoms with E-state index in [4.69, 9.17) is 0 Å². The highest BCUT2D eigenvalue weighted by Gasteiger charge is 2.77. The Morgan fingerprint density at radius 3 is 2.50 bits per heavy atom. The second kappa shape index (κ2) is 10.7. The molecule has 3 fully saturated rings. The summed E-state index contributed by atoms with van der Waals surface area (Å²) >= 11 is 1.67. The fraction of sp³-hybridized carbons (Fsp3) is 0.679. The van der Waals surface area contributed by atoms with Crippen LogP contribution in [0.5, 0.6) is 0 Å². The van der Waals surface area contributed by atoms with Crippen LogP contribution in [0.2, 0.25) is 0 Å². The van der Waals surface area contributed by atoms with Crippen LogP contribution in [0.15, 0.2) is 30.3 Å². The molecule has 1 spiro atoms. The molecule has 0 aromatic heterocycles. The number of fused-ring (bicyclic) bond motifs is 1. The van der Waals surface area contributed by atoms with Crippen LogP contribution in [-0.2, 0) is 20.9 Å². The number of rotatable bonds is 11. The van der Waals surface area contributed by atoms with Gasteiger partial charge in [0.15, 0.2) is 0 Å². The number of benzene rings is 1. The van der Waals surface area contributed by atoms with Gasteiger partial charge in [-0.2, -0.15) is 0 Å². The Kier molecular flexibility index (Phi) is 8.05. The molecule has 2 unspecified atom stereocenters. The van der Waals surface area contributed by atoms with Crippen LogP contribution in [-0.4, -0.2) is 62.5 Å². The van der Waals surface area contributed by atoms with Gasteiger partial charge in [0.05, 0.1) is 29.2 Å². The lowest BCUT2D eigenvalue weighted by Crippen LogP contribution is -2.57. The van der Waals surface area contributed by atoms with Gasteiger partial charge in [-0.05, 0) is 37.7 Å². The standard InChI is InChI=1S/C28H41N3O4S/c1-5-6-10-15-29-25(34)23-28-14-13-27(4,36-28)21(24(33)30-16-19-11-8-7-9-12-19)22(28)26(35)31(23)20(17-32)18(2)3/h7-9,11-12,18,20-23,32H,5-6,10,13-17H2,1-4H3,(H,29,34)(H,30,33)/t20-,21-,22-,23?,27+,28?/m0/s1. The van der Waals surface area contributed by atoms with Gasteiger partial charge in [0, 0.05) is 17.8 Å². The van der Waals surface area contributed by atoms with Crippen LogP contribution in [0.4, 0.5) is 0 Å². The number of hydrogen-bond donors (Lipinski definition) is 3. The van der Waals surface area contributed by atoms with Crippen molar-refractivity contribution in [3.8, 4) is 0 Å². The van der Waals surface area contributed by atoms with Gasteiger partial charge in [0.25, 0.3) is 0 Å². The van der Waals surface area contributed by atoms with Crippen LogP contribution in [0.25, 0.3) is 0 Å². The average molecular weight is 516 g/mol. The highest BCUT2D eigenvalue weighted by molar-refractivity contribution is 8.02. The summed E-state index contributed by atoms with van der Waals surface area (Å²) in [5.41, 5.74) is 1.00. The molecule has 6 atom stereocenters. The summed E-state index contributed by atoms with van der Waals surface area (Å²) in [5.74, 6) is -1.54. The molecule has 36 heavy (non-hydrogen) atoms. The van der Waals surface area contributed by atoms with E-state index in [1.807, 2.05) is 44.2 Å². The van der Waals surface area contributed by atoms with E-state index in [9.17, 15) is 19.5 Å². The van der Waals surface area contributed by atoms with Gasteiger partial charge in [-0.3, -0.25) is 14.4 Å². The molecule has 3 amide bonds. The third kappa shape index (κ3) is 4.55. The first kappa shape index (κ1) is 27.0. The number of nitrogens with zero attached hydrogens (tertiary/aromatic N) is 1. The summed E-state index contributed by atoms with van der Waals surface area (Å²) in [4.78, 5) is 43.2. The van der Waals surface area contributed by atoms with Crippen molar-refractivity contribution >= 4 is 29.5 Å². The molecule has 3 aliphatic heterocycles. The molecule has 0 aliphatic carbocycles. The summed E-state index contributed by atoms with van der Waals surface area (Å²) in [6, 6.07) is 8.60. The van der Waals surface area contributed by atoms with Crippen molar-refractivity contribution in [3.63, 3.8) is 0 Å². The number of thioether (sulfide) groups is 1. The Morgan fingerprint density at radius 1 is 1.14 bits per heavy atom. The third-order valence-electron chi connectivity index (χ3n) is 8.45. The summed E-state index contributed by atoms with van der Waals surface area (Å²) in [6.45, 7) is 8.89.